The minimum Gasteiger partial charge on any atom is -0.311 e. The third-order valence-electron chi connectivity index (χ3n) is 5.22. The maximum Gasteiger partial charge on any atom is 0.0634 e. The lowest BCUT2D eigenvalue weighted by atomic mass is 9.94. The van der Waals surface area contributed by atoms with Gasteiger partial charge in [0.1, 0.15) is 0 Å². The predicted molar refractivity (Wildman–Crippen MR) is 87.4 cm³/mol. The molecule has 3 rings (SSSR count). The lowest BCUT2D eigenvalue weighted by Crippen LogP contribution is -2.58. The summed E-state index contributed by atoms with van der Waals surface area (Å²) in [5.74, 6) is 1.61. The second-order valence-corrected chi connectivity index (χ2v) is 7.11. The quantitative estimate of drug-likeness (QED) is 0.904. The zero-order valence-electron chi connectivity index (χ0n) is 13.1. The number of piperazine rings is 1. The van der Waals surface area contributed by atoms with E-state index < -0.39 is 0 Å². The minimum absolute atomic E-state index is 0.602. The smallest absolute Gasteiger partial charge is 0.0634 e. The number of hydrogen-bond donors (Lipinski definition) is 1. The van der Waals surface area contributed by atoms with Crippen molar-refractivity contribution in [2.45, 2.75) is 51.7 Å². The maximum atomic E-state index is 6.31. The van der Waals surface area contributed by atoms with E-state index in [9.17, 15) is 0 Å². The Morgan fingerprint density at radius 3 is 2.95 bits per heavy atom. The van der Waals surface area contributed by atoms with Crippen LogP contribution in [-0.4, -0.2) is 35.1 Å². The van der Waals surface area contributed by atoms with Crippen LogP contribution >= 0.6 is 11.6 Å². The summed E-state index contributed by atoms with van der Waals surface area (Å²) in [5, 5.41) is 4.58. The Balaban J connectivity index is 1.72. The zero-order valence-corrected chi connectivity index (χ0v) is 13.8. The highest BCUT2D eigenvalue weighted by Crippen LogP contribution is 2.37. The van der Waals surface area contributed by atoms with Gasteiger partial charge in [-0.15, -0.1) is 0 Å². The average Bonchev–Trinajstić information content (AvgIpc) is 3.33. The first-order valence-corrected chi connectivity index (χ1v) is 8.62. The van der Waals surface area contributed by atoms with Gasteiger partial charge in [0.05, 0.1) is 5.02 Å². The van der Waals surface area contributed by atoms with Gasteiger partial charge in [-0.05, 0) is 36.3 Å². The van der Waals surface area contributed by atoms with Crippen LogP contribution in [-0.2, 0) is 6.54 Å². The van der Waals surface area contributed by atoms with E-state index in [1.165, 1.54) is 24.8 Å². The molecule has 2 aliphatic rings. The van der Waals surface area contributed by atoms with Gasteiger partial charge < -0.3 is 5.32 Å². The van der Waals surface area contributed by atoms with Crippen molar-refractivity contribution in [2.24, 2.45) is 11.8 Å². The van der Waals surface area contributed by atoms with Gasteiger partial charge >= 0.3 is 0 Å². The second kappa shape index (κ2) is 6.64. The Morgan fingerprint density at radius 2 is 2.29 bits per heavy atom. The van der Waals surface area contributed by atoms with Crippen LogP contribution in [0.15, 0.2) is 18.5 Å². The molecule has 2 fully saturated rings. The molecule has 1 saturated carbocycles. The Bertz CT molecular complexity index is 475. The molecule has 0 spiro atoms. The van der Waals surface area contributed by atoms with Crippen LogP contribution in [0.3, 0.4) is 0 Å². The fraction of sp³-hybridized carbons (Fsp3) is 0.706. The molecule has 3 nitrogen and oxygen atoms in total. The van der Waals surface area contributed by atoms with E-state index in [0.29, 0.717) is 12.1 Å². The van der Waals surface area contributed by atoms with Crippen molar-refractivity contribution < 1.29 is 0 Å². The van der Waals surface area contributed by atoms with Gasteiger partial charge in [-0.25, -0.2) is 0 Å². The molecule has 1 N–H and O–H groups in total. The molecular formula is C17H26ClN3. The molecule has 0 bridgehead atoms. The highest BCUT2D eigenvalue weighted by molar-refractivity contribution is 6.31. The molecule has 1 aromatic heterocycles. The molecule has 4 heteroatoms. The van der Waals surface area contributed by atoms with Crippen LogP contribution < -0.4 is 5.32 Å². The normalized spacial score (nSPS) is 28.5. The second-order valence-electron chi connectivity index (χ2n) is 6.70. The fourth-order valence-electron chi connectivity index (χ4n) is 3.40. The first kappa shape index (κ1) is 15.3. The van der Waals surface area contributed by atoms with Crippen molar-refractivity contribution in [3.63, 3.8) is 0 Å². The molecule has 116 valence electrons. The summed E-state index contributed by atoms with van der Waals surface area (Å²) in [5.41, 5.74) is 1.21. The van der Waals surface area contributed by atoms with Crippen LogP contribution in [0.25, 0.3) is 0 Å². The lowest BCUT2D eigenvalue weighted by Gasteiger charge is -2.42. The lowest BCUT2D eigenvalue weighted by molar-refractivity contribution is 0.0891. The van der Waals surface area contributed by atoms with E-state index in [4.69, 9.17) is 11.6 Å². The number of hydrogen-bond acceptors (Lipinski definition) is 3. The Hall–Kier alpha value is -0.640. The van der Waals surface area contributed by atoms with Gasteiger partial charge in [-0.3, -0.25) is 9.88 Å². The largest absolute Gasteiger partial charge is 0.311 e. The maximum absolute atomic E-state index is 6.31. The van der Waals surface area contributed by atoms with Crippen LogP contribution in [0.5, 0.6) is 0 Å². The van der Waals surface area contributed by atoms with Crippen LogP contribution in [0.4, 0.5) is 0 Å². The van der Waals surface area contributed by atoms with Crippen molar-refractivity contribution >= 4 is 11.6 Å². The highest BCUT2D eigenvalue weighted by atomic mass is 35.5. The van der Waals surface area contributed by atoms with Gasteiger partial charge in [0.2, 0.25) is 0 Å². The van der Waals surface area contributed by atoms with Gasteiger partial charge in [-0.1, -0.05) is 31.9 Å². The molecule has 2 heterocycles. The van der Waals surface area contributed by atoms with Gasteiger partial charge in [0.25, 0.3) is 0 Å². The third kappa shape index (κ3) is 3.58. The van der Waals surface area contributed by atoms with E-state index in [1.807, 2.05) is 6.20 Å². The Kier molecular flexibility index (Phi) is 4.82. The zero-order chi connectivity index (χ0) is 14.8. The van der Waals surface area contributed by atoms with Crippen LogP contribution in [0.2, 0.25) is 5.02 Å². The molecule has 1 saturated heterocycles. The molecule has 0 aromatic carbocycles. The molecule has 0 radical (unpaired) electrons. The fourth-order valence-corrected chi connectivity index (χ4v) is 3.58. The van der Waals surface area contributed by atoms with Crippen molar-refractivity contribution in [2.75, 3.05) is 13.1 Å². The Labute approximate surface area is 133 Å². The summed E-state index contributed by atoms with van der Waals surface area (Å²) >= 11 is 6.31. The van der Waals surface area contributed by atoms with E-state index >= 15 is 0 Å². The first-order chi connectivity index (χ1) is 10.2. The molecule has 1 aliphatic heterocycles. The SMILES string of the molecule is CCC(C)C1CN(Cc2ccncc2Cl)C(C2CC2)CN1. The number of rotatable bonds is 5. The summed E-state index contributed by atoms with van der Waals surface area (Å²) in [7, 11) is 0. The number of pyridine rings is 1. The molecule has 3 unspecified atom stereocenters. The summed E-state index contributed by atoms with van der Waals surface area (Å²) in [6, 6.07) is 3.34. The Morgan fingerprint density at radius 1 is 1.48 bits per heavy atom. The topological polar surface area (TPSA) is 28.2 Å². The summed E-state index contributed by atoms with van der Waals surface area (Å²) in [6.45, 7) is 7.85. The number of halogens is 1. The van der Waals surface area contributed by atoms with Gasteiger partial charge in [-0.2, -0.15) is 0 Å². The number of nitrogens with one attached hydrogen (secondary N) is 1. The minimum atomic E-state index is 0.602. The van der Waals surface area contributed by atoms with Crippen molar-refractivity contribution in [3.05, 3.63) is 29.0 Å². The molecule has 0 amide bonds. The summed E-state index contributed by atoms with van der Waals surface area (Å²) < 4.78 is 0. The van der Waals surface area contributed by atoms with E-state index in [-0.39, 0.29) is 0 Å². The van der Waals surface area contributed by atoms with Crippen molar-refractivity contribution in [1.29, 1.82) is 0 Å². The standard InChI is InChI=1S/C17H26ClN3/c1-3-12(2)16-11-21(17(9-20-16)13-4-5-13)10-14-6-7-19-8-15(14)18/h6-8,12-13,16-17,20H,3-5,9-11H2,1-2H3. The predicted octanol–water partition coefficient (Wildman–Crippen LogP) is 3.33. The molecular weight excluding hydrogens is 282 g/mol. The van der Waals surface area contributed by atoms with Crippen molar-refractivity contribution in [3.8, 4) is 0 Å². The molecule has 1 aliphatic carbocycles. The van der Waals surface area contributed by atoms with E-state index in [2.05, 4.69) is 35.1 Å². The third-order valence-corrected chi connectivity index (χ3v) is 5.56. The molecule has 3 atom stereocenters. The monoisotopic (exact) mass is 307 g/mol. The van der Waals surface area contributed by atoms with Gasteiger partial charge in [0.15, 0.2) is 0 Å². The summed E-state index contributed by atoms with van der Waals surface area (Å²) in [6.07, 6.45) is 7.62. The van der Waals surface area contributed by atoms with E-state index in [0.717, 1.165) is 36.5 Å². The van der Waals surface area contributed by atoms with Crippen molar-refractivity contribution in [1.82, 2.24) is 15.2 Å². The highest BCUT2D eigenvalue weighted by Gasteiger charge is 2.39. The average molecular weight is 308 g/mol. The summed E-state index contributed by atoms with van der Waals surface area (Å²) in [4.78, 5) is 6.76. The first-order valence-electron chi connectivity index (χ1n) is 8.24. The van der Waals surface area contributed by atoms with Crippen LogP contribution in [0, 0.1) is 11.8 Å². The van der Waals surface area contributed by atoms with E-state index in [1.54, 1.807) is 6.20 Å². The molecule has 1 aromatic rings. The molecule has 21 heavy (non-hydrogen) atoms. The number of aromatic nitrogens is 1. The number of nitrogens with zero attached hydrogens (tertiary/aromatic N) is 2. The van der Waals surface area contributed by atoms with Crippen LogP contribution in [0.1, 0.15) is 38.7 Å². The van der Waals surface area contributed by atoms with Gasteiger partial charge in [0, 0.05) is 44.1 Å².